The molecule has 1 aliphatic rings. The lowest BCUT2D eigenvalue weighted by atomic mass is 9.90. The lowest BCUT2D eigenvalue weighted by Crippen LogP contribution is -2.49. The average molecular weight is 278 g/mol. The summed E-state index contributed by atoms with van der Waals surface area (Å²) in [6.45, 7) is 6.90. The molecule has 2 N–H and O–H groups in total. The highest BCUT2D eigenvalue weighted by Gasteiger charge is 2.30. The van der Waals surface area contributed by atoms with Crippen LogP contribution in [0.1, 0.15) is 46.5 Å². The van der Waals surface area contributed by atoms with Crippen molar-refractivity contribution < 1.29 is 13.5 Å². The van der Waals surface area contributed by atoms with Crippen LogP contribution in [0.15, 0.2) is 0 Å². The van der Waals surface area contributed by atoms with E-state index in [4.69, 9.17) is 5.11 Å². The van der Waals surface area contributed by atoms with E-state index in [1.54, 1.807) is 4.31 Å². The highest BCUT2D eigenvalue weighted by molar-refractivity contribution is 7.87. The fourth-order valence-electron chi connectivity index (χ4n) is 2.19. The Bertz CT molecular complexity index is 354. The van der Waals surface area contributed by atoms with Crippen LogP contribution < -0.4 is 4.72 Å². The van der Waals surface area contributed by atoms with Gasteiger partial charge >= 0.3 is 0 Å². The summed E-state index contributed by atoms with van der Waals surface area (Å²) in [5.74, 6) is 0. The SMILES string of the molecule is CC1CCCCN1S(=O)(=O)NCC(C)(C)CCO. The lowest BCUT2D eigenvalue weighted by molar-refractivity contribution is 0.210. The van der Waals surface area contributed by atoms with Crippen molar-refractivity contribution in [3.63, 3.8) is 0 Å². The fraction of sp³-hybridized carbons (Fsp3) is 1.00. The highest BCUT2D eigenvalue weighted by Crippen LogP contribution is 2.22. The Labute approximate surface area is 111 Å². The summed E-state index contributed by atoms with van der Waals surface area (Å²) in [6.07, 6.45) is 3.56. The molecule has 5 nitrogen and oxygen atoms in total. The molecule has 18 heavy (non-hydrogen) atoms. The first kappa shape index (κ1) is 15.9. The normalized spacial score (nSPS) is 23.2. The maximum absolute atomic E-state index is 12.2. The first-order valence-corrected chi connectivity index (χ1v) is 8.10. The Kier molecular flexibility index (Phi) is 5.58. The summed E-state index contributed by atoms with van der Waals surface area (Å²) in [4.78, 5) is 0. The monoisotopic (exact) mass is 278 g/mol. The Morgan fingerprint density at radius 1 is 1.39 bits per heavy atom. The van der Waals surface area contributed by atoms with Crippen LogP contribution >= 0.6 is 0 Å². The van der Waals surface area contributed by atoms with Crippen LogP contribution in [0.2, 0.25) is 0 Å². The van der Waals surface area contributed by atoms with Crippen LogP contribution in [0.25, 0.3) is 0 Å². The molecule has 1 atom stereocenters. The van der Waals surface area contributed by atoms with E-state index in [9.17, 15) is 8.42 Å². The van der Waals surface area contributed by atoms with E-state index in [0.717, 1.165) is 19.3 Å². The van der Waals surface area contributed by atoms with E-state index in [-0.39, 0.29) is 18.1 Å². The van der Waals surface area contributed by atoms with Crippen LogP contribution in [0, 0.1) is 5.41 Å². The molecule has 0 aromatic heterocycles. The minimum absolute atomic E-state index is 0.0782. The molecule has 6 heteroatoms. The van der Waals surface area contributed by atoms with E-state index >= 15 is 0 Å². The summed E-state index contributed by atoms with van der Waals surface area (Å²) < 4.78 is 28.6. The van der Waals surface area contributed by atoms with Crippen molar-refractivity contribution in [2.24, 2.45) is 5.41 Å². The van der Waals surface area contributed by atoms with Crippen molar-refractivity contribution in [1.82, 2.24) is 9.03 Å². The average Bonchev–Trinajstić information content (AvgIpc) is 2.27. The molecule has 1 rings (SSSR count). The molecule has 1 fully saturated rings. The van der Waals surface area contributed by atoms with Gasteiger partial charge in [0, 0.05) is 25.7 Å². The van der Waals surface area contributed by atoms with Gasteiger partial charge in [0.1, 0.15) is 0 Å². The topological polar surface area (TPSA) is 69.6 Å². The second kappa shape index (κ2) is 6.32. The number of piperidine rings is 1. The number of aliphatic hydroxyl groups is 1. The third-order valence-electron chi connectivity index (χ3n) is 3.57. The second-order valence-corrected chi connectivity index (χ2v) is 7.63. The number of rotatable bonds is 6. The Balaban J connectivity index is 2.59. The summed E-state index contributed by atoms with van der Waals surface area (Å²) in [7, 11) is -3.38. The Morgan fingerprint density at radius 3 is 2.61 bits per heavy atom. The molecule has 0 aliphatic carbocycles. The predicted molar refractivity (Wildman–Crippen MR) is 72.4 cm³/mol. The minimum Gasteiger partial charge on any atom is -0.396 e. The van der Waals surface area contributed by atoms with Crippen molar-refractivity contribution in [2.45, 2.75) is 52.5 Å². The molecule has 0 aromatic carbocycles. The van der Waals surface area contributed by atoms with E-state index in [1.165, 1.54) is 0 Å². The number of nitrogens with one attached hydrogen (secondary N) is 1. The van der Waals surface area contributed by atoms with Crippen molar-refractivity contribution >= 4 is 10.2 Å². The van der Waals surface area contributed by atoms with Crippen molar-refractivity contribution in [2.75, 3.05) is 19.7 Å². The molecule has 0 bridgehead atoms. The van der Waals surface area contributed by atoms with Crippen molar-refractivity contribution in [1.29, 1.82) is 0 Å². The summed E-state index contributed by atoms with van der Waals surface area (Å²) in [6, 6.07) is 0.0807. The zero-order valence-corrected chi connectivity index (χ0v) is 12.5. The van der Waals surface area contributed by atoms with Gasteiger partial charge in [-0.15, -0.1) is 0 Å². The molecule has 0 radical (unpaired) electrons. The van der Waals surface area contributed by atoms with Gasteiger partial charge in [0.15, 0.2) is 0 Å². The molecule has 1 unspecified atom stereocenters. The third-order valence-corrected chi connectivity index (χ3v) is 5.24. The van der Waals surface area contributed by atoms with Crippen LogP contribution in [0.3, 0.4) is 0 Å². The Morgan fingerprint density at radius 2 is 2.06 bits per heavy atom. The van der Waals surface area contributed by atoms with Crippen molar-refractivity contribution in [3.8, 4) is 0 Å². The molecule has 1 saturated heterocycles. The highest BCUT2D eigenvalue weighted by atomic mass is 32.2. The summed E-state index contributed by atoms with van der Waals surface area (Å²) in [5, 5.41) is 8.93. The fourth-order valence-corrected chi connectivity index (χ4v) is 3.88. The van der Waals surface area contributed by atoms with Gasteiger partial charge in [0.05, 0.1) is 0 Å². The summed E-state index contributed by atoms with van der Waals surface area (Å²) in [5.41, 5.74) is -0.221. The van der Waals surface area contributed by atoms with Crippen LogP contribution in [0.4, 0.5) is 0 Å². The van der Waals surface area contributed by atoms with Gasteiger partial charge in [-0.2, -0.15) is 12.7 Å². The molecular weight excluding hydrogens is 252 g/mol. The van der Waals surface area contributed by atoms with E-state index in [0.29, 0.717) is 19.5 Å². The molecule has 0 aromatic rings. The van der Waals surface area contributed by atoms with Gasteiger partial charge in [-0.25, -0.2) is 4.72 Å². The predicted octanol–water partition coefficient (Wildman–Crippen LogP) is 1.10. The number of aliphatic hydroxyl groups excluding tert-OH is 1. The quantitative estimate of drug-likeness (QED) is 0.764. The van der Waals surface area contributed by atoms with E-state index < -0.39 is 10.2 Å². The maximum atomic E-state index is 12.2. The number of nitrogens with zero attached hydrogens (tertiary/aromatic N) is 1. The van der Waals surface area contributed by atoms with E-state index in [1.807, 2.05) is 20.8 Å². The van der Waals surface area contributed by atoms with Gasteiger partial charge < -0.3 is 5.11 Å². The van der Waals surface area contributed by atoms with Gasteiger partial charge in [-0.1, -0.05) is 20.3 Å². The maximum Gasteiger partial charge on any atom is 0.279 e. The van der Waals surface area contributed by atoms with Gasteiger partial charge in [0.25, 0.3) is 10.2 Å². The van der Waals surface area contributed by atoms with Gasteiger partial charge in [0.2, 0.25) is 0 Å². The van der Waals surface area contributed by atoms with Crippen LogP contribution in [-0.4, -0.2) is 43.6 Å². The minimum atomic E-state index is -3.38. The zero-order chi connectivity index (χ0) is 13.8. The Hall–Kier alpha value is -0.170. The van der Waals surface area contributed by atoms with E-state index in [2.05, 4.69) is 4.72 Å². The van der Waals surface area contributed by atoms with Gasteiger partial charge in [-0.3, -0.25) is 0 Å². The first-order chi connectivity index (χ1) is 8.28. The van der Waals surface area contributed by atoms with Crippen molar-refractivity contribution in [3.05, 3.63) is 0 Å². The third kappa shape index (κ3) is 4.50. The first-order valence-electron chi connectivity index (χ1n) is 6.66. The molecule has 0 spiro atoms. The second-order valence-electron chi connectivity index (χ2n) is 5.92. The van der Waals surface area contributed by atoms with Crippen LogP contribution in [-0.2, 0) is 10.2 Å². The molecule has 0 saturated carbocycles. The van der Waals surface area contributed by atoms with Crippen LogP contribution in [0.5, 0.6) is 0 Å². The zero-order valence-electron chi connectivity index (χ0n) is 11.6. The molecule has 0 amide bonds. The summed E-state index contributed by atoms with van der Waals surface area (Å²) >= 11 is 0. The van der Waals surface area contributed by atoms with Gasteiger partial charge in [-0.05, 0) is 31.6 Å². The number of hydrogen-bond donors (Lipinski definition) is 2. The number of hydrogen-bond acceptors (Lipinski definition) is 3. The smallest absolute Gasteiger partial charge is 0.279 e. The molecule has 1 heterocycles. The molecule has 1 aliphatic heterocycles. The lowest BCUT2D eigenvalue weighted by Gasteiger charge is -2.33. The molecular formula is C12H26N2O3S. The largest absolute Gasteiger partial charge is 0.396 e. The standard InChI is InChI=1S/C12H26N2O3S/c1-11-6-4-5-8-14(11)18(16,17)13-10-12(2,3)7-9-15/h11,13,15H,4-10H2,1-3H3. The molecule has 108 valence electrons.